The third-order valence-electron chi connectivity index (χ3n) is 6.96. The topological polar surface area (TPSA) is 121 Å². The van der Waals surface area contributed by atoms with Gasteiger partial charge in [-0.1, -0.05) is 6.07 Å². The maximum atomic E-state index is 10.9. The number of hydrogen-bond donors (Lipinski definition) is 1. The van der Waals surface area contributed by atoms with Gasteiger partial charge in [0.25, 0.3) is 5.69 Å². The standard InChI is InChI=1S/C28H29N5O5/c1-2-31-14-12-20-16-24(30-29-21-6-8-22(9-7-21)33(36)37)27(18-26(20)31)38-23-10-5-19-11-15-32(25(19)17-23)13-3-4-28(34)35/h5-10,16-18H,2-4,11-15H2,1H3,(H,34,35). The summed E-state index contributed by atoms with van der Waals surface area (Å²) in [6.45, 7) is 5.48. The molecule has 0 unspecified atom stereocenters. The van der Waals surface area contributed by atoms with Crippen LogP contribution in [-0.4, -0.2) is 42.2 Å². The number of fused-ring (bicyclic) bond motifs is 2. The third-order valence-corrected chi connectivity index (χ3v) is 6.96. The highest BCUT2D eigenvalue weighted by atomic mass is 16.6. The third kappa shape index (κ3) is 5.44. The fourth-order valence-electron chi connectivity index (χ4n) is 4.98. The molecule has 0 atom stereocenters. The molecule has 2 aliphatic heterocycles. The van der Waals surface area contributed by atoms with Gasteiger partial charge in [0.1, 0.15) is 11.4 Å². The molecule has 0 saturated carbocycles. The average molecular weight is 516 g/mol. The Hall–Kier alpha value is -4.47. The number of azo groups is 1. The zero-order valence-corrected chi connectivity index (χ0v) is 21.2. The molecule has 10 nitrogen and oxygen atoms in total. The number of non-ortho nitro benzene ring substituents is 1. The van der Waals surface area contributed by atoms with Crippen LogP contribution < -0.4 is 14.5 Å². The quantitative estimate of drug-likeness (QED) is 0.188. The first-order valence-corrected chi connectivity index (χ1v) is 12.8. The molecule has 0 aromatic heterocycles. The molecule has 2 aliphatic rings. The normalized spacial score (nSPS) is 14.1. The minimum absolute atomic E-state index is 0.00114. The number of hydrogen-bond acceptors (Lipinski definition) is 8. The van der Waals surface area contributed by atoms with E-state index in [0.717, 1.165) is 43.9 Å². The molecule has 0 bridgehead atoms. The van der Waals surface area contributed by atoms with Crippen LogP contribution in [0.25, 0.3) is 0 Å². The number of carbonyl (C=O) groups is 1. The van der Waals surface area contributed by atoms with Gasteiger partial charge in [0, 0.05) is 68.2 Å². The van der Waals surface area contributed by atoms with E-state index >= 15 is 0 Å². The average Bonchev–Trinajstić information content (AvgIpc) is 3.50. The zero-order valence-electron chi connectivity index (χ0n) is 21.2. The number of rotatable bonds is 10. The lowest BCUT2D eigenvalue weighted by Gasteiger charge is -2.20. The highest BCUT2D eigenvalue weighted by Gasteiger charge is 2.23. The molecule has 5 rings (SSSR count). The molecule has 2 heterocycles. The molecule has 0 fully saturated rings. The SMILES string of the molecule is CCN1CCc2cc(N=Nc3ccc([N+](=O)[O-])cc3)c(Oc3ccc4c(c3)N(CCCC(=O)O)CC4)cc21. The number of carboxylic acids is 1. The van der Waals surface area contributed by atoms with Crippen LogP contribution in [-0.2, 0) is 17.6 Å². The fourth-order valence-corrected chi connectivity index (χ4v) is 4.98. The van der Waals surface area contributed by atoms with E-state index in [1.165, 1.54) is 23.3 Å². The van der Waals surface area contributed by atoms with Crippen molar-refractivity contribution in [2.75, 3.05) is 36.0 Å². The van der Waals surface area contributed by atoms with Crippen molar-refractivity contribution in [2.45, 2.75) is 32.6 Å². The van der Waals surface area contributed by atoms with Crippen LogP contribution in [0.2, 0.25) is 0 Å². The largest absolute Gasteiger partial charge is 0.481 e. The number of benzene rings is 3. The van der Waals surface area contributed by atoms with E-state index in [-0.39, 0.29) is 12.1 Å². The van der Waals surface area contributed by atoms with Crippen molar-refractivity contribution in [1.82, 2.24) is 0 Å². The van der Waals surface area contributed by atoms with E-state index < -0.39 is 10.9 Å². The van der Waals surface area contributed by atoms with E-state index in [9.17, 15) is 14.9 Å². The van der Waals surface area contributed by atoms with Crippen molar-refractivity contribution in [3.8, 4) is 11.5 Å². The van der Waals surface area contributed by atoms with Crippen molar-refractivity contribution < 1.29 is 19.6 Å². The van der Waals surface area contributed by atoms with Crippen molar-refractivity contribution >= 4 is 34.4 Å². The number of nitro benzene ring substituents is 1. The first-order valence-electron chi connectivity index (χ1n) is 12.8. The first-order chi connectivity index (χ1) is 18.4. The number of aliphatic carboxylic acids is 1. The van der Waals surface area contributed by atoms with Crippen LogP contribution in [0.15, 0.2) is 64.8 Å². The molecule has 1 N–H and O–H groups in total. The summed E-state index contributed by atoms with van der Waals surface area (Å²) in [4.78, 5) is 25.9. The van der Waals surface area contributed by atoms with Gasteiger partial charge in [0.15, 0.2) is 5.75 Å². The summed E-state index contributed by atoms with van der Waals surface area (Å²) in [5.41, 5.74) is 5.67. The second-order valence-electron chi connectivity index (χ2n) is 9.38. The van der Waals surface area contributed by atoms with E-state index in [1.807, 2.05) is 24.3 Å². The van der Waals surface area contributed by atoms with Crippen LogP contribution >= 0.6 is 0 Å². The minimum atomic E-state index is -0.783. The van der Waals surface area contributed by atoms with Gasteiger partial charge in [0.2, 0.25) is 0 Å². The summed E-state index contributed by atoms with van der Waals surface area (Å²) in [6.07, 6.45) is 2.56. The van der Waals surface area contributed by atoms with Crippen LogP contribution in [0.4, 0.5) is 28.4 Å². The molecule has 0 amide bonds. The Balaban J connectivity index is 1.43. The van der Waals surface area contributed by atoms with Gasteiger partial charge in [-0.15, -0.1) is 5.11 Å². The lowest BCUT2D eigenvalue weighted by atomic mass is 10.1. The Bertz CT molecular complexity index is 1390. The lowest BCUT2D eigenvalue weighted by Crippen LogP contribution is -2.22. The Morgan fingerprint density at radius 2 is 1.74 bits per heavy atom. The Labute approximate surface area is 220 Å². The number of anilines is 2. The predicted octanol–water partition coefficient (Wildman–Crippen LogP) is 6.41. The van der Waals surface area contributed by atoms with E-state index in [0.29, 0.717) is 35.8 Å². The highest BCUT2D eigenvalue weighted by Crippen LogP contribution is 2.42. The van der Waals surface area contributed by atoms with Crippen LogP contribution in [0, 0.1) is 10.1 Å². The van der Waals surface area contributed by atoms with E-state index in [4.69, 9.17) is 9.84 Å². The maximum Gasteiger partial charge on any atom is 0.303 e. The smallest absolute Gasteiger partial charge is 0.303 e. The molecule has 196 valence electrons. The number of nitro groups is 1. The number of likely N-dealkylation sites (N-methyl/N-ethyl adjacent to an activating group) is 1. The Morgan fingerprint density at radius 3 is 2.47 bits per heavy atom. The van der Waals surface area contributed by atoms with Gasteiger partial charge in [-0.3, -0.25) is 14.9 Å². The molecule has 3 aromatic carbocycles. The number of ether oxygens (including phenoxy) is 1. The van der Waals surface area contributed by atoms with Crippen molar-refractivity contribution in [3.05, 3.63) is 75.8 Å². The molecule has 0 spiro atoms. The summed E-state index contributed by atoms with van der Waals surface area (Å²) in [6, 6.07) is 16.0. The molecule has 10 heteroatoms. The van der Waals surface area contributed by atoms with E-state index in [1.54, 1.807) is 12.1 Å². The number of carboxylic acid groups (broad SMARTS) is 1. The monoisotopic (exact) mass is 515 g/mol. The molecule has 38 heavy (non-hydrogen) atoms. The van der Waals surface area contributed by atoms with Gasteiger partial charge < -0.3 is 19.6 Å². The Kier molecular flexibility index (Phi) is 7.21. The predicted molar refractivity (Wildman–Crippen MR) is 145 cm³/mol. The number of nitrogens with zero attached hydrogens (tertiary/aromatic N) is 5. The van der Waals surface area contributed by atoms with Crippen LogP contribution in [0.1, 0.15) is 30.9 Å². The maximum absolute atomic E-state index is 10.9. The van der Waals surface area contributed by atoms with Crippen LogP contribution in [0.3, 0.4) is 0 Å². The fraction of sp³-hybridized carbons (Fsp3) is 0.321. The highest BCUT2D eigenvalue weighted by molar-refractivity contribution is 5.70. The van der Waals surface area contributed by atoms with Crippen LogP contribution in [0.5, 0.6) is 11.5 Å². The molecular formula is C28H29N5O5. The van der Waals surface area contributed by atoms with Crippen molar-refractivity contribution in [3.63, 3.8) is 0 Å². The van der Waals surface area contributed by atoms with Gasteiger partial charge in [-0.05, 0) is 61.6 Å². The molecule has 0 saturated heterocycles. The van der Waals surface area contributed by atoms with Gasteiger partial charge in [-0.2, -0.15) is 5.11 Å². The summed E-state index contributed by atoms with van der Waals surface area (Å²) >= 11 is 0. The second-order valence-corrected chi connectivity index (χ2v) is 9.38. The zero-order chi connectivity index (χ0) is 26.6. The lowest BCUT2D eigenvalue weighted by molar-refractivity contribution is -0.384. The molecular weight excluding hydrogens is 486 g/mol. The minimum Gasteiger partial charge on any atom is -0.481 e. The first kappa shape index (κ1) is 25.2. The molecule has 0 aliphatic carbocycles. The Morgan fingerprint density at radius 1 is 1.00 bits per heavy atom. The summed E-state index contributed by atoms with van der Waals surface area (Å²) < 4.78 is 6.39. The summed E-state index contributed by atoms with van der Waals surface area (Å²) in [5.74, 6) is 0.460. The van der Waals surface area contributed by atoms with E-state index in [2.05, 4.69) is 33.0 Å². The molecule has 3 aromatic rings. The van der Waals surface area contributed by atoms with Gasteiger partial charge >= 0.3 is 5.97 Å². The van der Waals surface area contributed by atoms with Gasteiger partial charge in [-0.25, -0.2) is 0 Å². The summed E-state index contributed by atoms with van der Waals surface area (Å²) in [7, 11) is 0. The molecule has 0 radical (unpaired) electrons. The second kappa shape index (κ2) is 10.9. The van der Waals surface area contributed by atoms with Gasteiger partial charge in [0.05, 0.1) is 10.6 Å². The van der Waals surface area contributed by atoms with Crippen molar-refractivity contribution in [2.24, 2.45) is 10.2 Å². The summed E-state index contributed by atoms with van der Waals surface area (Å²) in [5, 5.41) is 28.7. The van der Waals surface area contributed by atoms with Crippen molar-refractivity contribution in [1.29, 1.82) is 0 Å².